The van der Waals surface area contributed by atoms with Gasteiger partial charge in [0, 0.05) is 11.3 Å². The lowest BCUT2D eigenvalue weighted by molar-refractivity contribution is 0.101. The number of amides is 1. The summed E-state index contributed by atoms with van der Waals surface area (Å²) in [5, 5.41) is 2.67. The highest BCUT2D eigenvalue weighted by molar-refractivity contribution is 7.92. The summed E-state index contributed by atoms with van der Waals surface area (Å²) in [5.41, 5.74) is 2.18. The Bertz CT molecular complexity index is 1330. The van der Waals surface area contributed by atoms with Crippen molar-refractivity contribution in [3.8, 4) is 11.5 Å². The van der Waals surface area contributed by atoms with E-state index in [4.69, 9.17) is 9.47 Å². The zero-order valence-corrected chi connectivity index (χ0v) is 19.7. The van der Waals surface area contributed by atoms with Gasteiger partial charge in [-0.1, -0.05) is 12.1 Å². The summed E-state index contributed by atoms with van der Waals surface area (Å²) in [4.78, 5) is 27.6. The number of hydrogen-bond acceptors (Lipinski definition) is 6. The quantitative estimate of drug-likeness (QED) is 0.428. The number of Topliss-reactive ketones (excluding diaryl/α,β-unsaturated/α-hetero) is 1. The van der Waals surface area contributed by atoms with Gasteiger partial charge in [-0.2, -0.15) is 0 Å². The first kappa shape index (κ1) is 23.9. The molecule has 0 unspecified atom stereocenters. The van der Waals surface area contributed by atoms with Gasteiger partial charge in [0.15, 0.2) is 5.78 Å². The minimum absolute atomic E-state index is 0.0895. The van der Waals surface area contributed by atoms with E-state index in [9.17, 15) is 18.0 Å². The molecule has 0 radical (unpaired) electrons. The third kappa shape index (κ3) is 4.85. The normalized spacial score (nSPS) is 11.1. The van der Waals surface area contributed by atoms with Crippen LogP contribution in [-0.4, -0.2) is 39.3 Å². The van der Waals surface area contributed by atoms with Crippen molar-refractivity contribution in [3.05, 3.63) is 65.0 Å². The van der Waals surface area contributed by atoms with Crippen molar-refractivity contribution in [2.24, 2.45) is 0 Å². The molecule has 1 aromatic heterocycles. The number of benzene rings is 2. The van der Waals surface area contributed by atoms with Crippen LogP contribution in [0.3, 0.4) is 0 Å². The number of methoxy groups -OCH3 is 2. The van der Waals surface area contributed by atoms with Gasteiger partial charge in [0.2, 0.25) is 0 Å². The lowest BCUT2D eigenvalue weighted by Gasteiger charge is -2.14. The van der Waals surface area contributed by atoms with Gasteiger partial charge < -0.3 is 19.8 Å². The summed E-state index contributed by atoms with van der Waals surface area (Å²) in [5.74, 6) is -0.0590. The number of aromatic nitrogens is 1. The fourth-order valence-electron chi connectivity index (χ4n) is 3.57. The Balaban J connectivity index is 1.95. The van der Waals surface area contributed by atoms with Crippen molar-refractivity contribution in [2.75, 3.05) is 24.3 Å². The van der Waals surface area contributed by atoms with Crippen LogP contribution in [0.5, 0.6) is 11.5 Å². The molecular formula is C23H25N3O6S. The van der Waals surface area contributed by atoms with Crippen molar-refractivity contribution in [2.45, 2.75) is 25.7 Å². The first-order valence-electron chi connectivity index (χ1n) is 9.94. The highest BCUT2D eigenvalue weighted by atomic mass is 32.2. The van der Waals surface area contributed by atoms with Crippen LogP contribution in [0, 0.1) is 13.8 Å². The Hall–Kier alpha value is -3.79. The molecule has 3 N–H and O–H groups in total. The van der Waals surface area contributed by atoms with Crippen LogP contribution in [0.4, 0.5) is 11.4 Å². The minimum Gasteiger partial charge on any atom is -0.495 e. The van der Waals surface area contributed by atoms with Crippen LogP contribution in [0.2, 0.25) is 0 Å². The van der Waals surface area contributed by atoms with E-state index in [0.29, 0.717) is 22.6 Å². The van der Waals surface area contributed by atoms with Crippen LogP contribution in [-0.2, 0) is 10.0 Å². The first-order chi connectivity index (χ1) is 15.6. The third-order valence-corrected chi connectivity index (χ3v) is 6.46. The Morgan fingerprint density at radius 2 is 1.58 bits per heavy atom. The number of ether oxygens (including phenoxy) is 2. The van der Waals surface area contributed by atoms with Crippen molar-refractivity contribution >= 4 is 33.1 Å². The first-order valence-corrected chi connectivity index (χ1v) is 11.4. The molecule has 1 heterocycles. The van der Waals surface area contributed by atoms with Crippen LogP contribution >= 0.6 is 0 Å². The number of nitrogens with one attached hydrogen (secondary N) is 3. The molecule has 0 aliphatic rings. The molecule has 0 saturated heterocycles. The maximum absolute atomic E-state index is 13.0. The summed E-state index contributed by atoms with van der Waals surface area (Å²) in [6, 6.07) is 10.7. The average Bonchev–Trinajstić information content (AvgIpc) is 3.08. The number of anilines is 2. The topological polar surface area (TPSA) is 127 Å². The molecule has 3 aromatic rings. The van der Waals surface area contributed by atoms with Crippen molar-refractivity contribution < 1.29 is 27.5 Å². The number of rotatable bonds is 8. The van der Waals surface area contributed by atoms with Crippen LogP contribution in [0.25, 0.3) is 0 Å². The van der Waals surface area contributed by atoms with Gasteiger partial charge in [-0.05, 0) is 56.7 Å². The van der Waals surface area contributed by atoms with E-state index in [2.05, 4.69) is 15.0 Å². The largest absolute Gasteiger partial charge is 0.495 e. The fraction of sp³-hybridized carbons (Fsp3) is 0.217. The van der Waals surface area contributed by atoms with Crippen LogP contribution < -0.4 is 19.5 Å². The molecule has 0 fully saturated rings. The average molecular weight is 472 g/mol. The Labute approximate surface area is 192 Å². The molecular weight excluding hydrogens is 446 g/mol. The van der Waals surface area contributed by atoms with E-state index >= 15 is 0 Å². The Kier molecular flexibility index (Phi) is 6.78. The van der Waals surface area contributed by atoms with Gasteiger partial charge in [-0.15, -0.1) is 0 Å². The predicted molar refractivity (Wildman–Crippen MR) is 125 cm³/mol. The lowest BCUT2D eigenvalue weighted by Crippen LogP contribution is -2.17. The van der Waals surface area contributed by atoms with E-state index in [-0.39, 0.29) is 33.5 Å². The minimum atomic E-state index is -4.01. The fourth-order valence-corrected chi connectivity index (χ4v) is 4.67. The summed E-state index contributed by atoms with van der Waals surface area (Å²) in [7, 11) is -1.16. The molecule has 1 amide bonds. The Morgan fingerprint density at radius 1 is 0.939 bits per heavy atom. The standard InChI is InChI=1S/C23H25N3O6S/c1-13-21(15(3)27)14(2)24-22(13)23(28)25-18-12-16(10-11-20(18)32-5)33(29,30)26-17-8-6-7-9-19(17)31-4/h6-12,24,26H,1-5H3,(H,25,28). The SMILES string of the molecule is COc1ccc(S(=O)(=O)Nc2ccccc2OC)cc1NC(=O)c1[nH]c(C)c(C(C)=O)c1C. The number of hydrogen-bond donors (Lipinski definition) is 3. The number of aromatic amines is 1. The van der Waals surface area contributed by atoms with E-state index in [1.165, 1.54) is 39.3 Å². The van der Waals surface area contributed by atoms with E-state index < -0.39 is 15.9 Å². The number of H-pyrrole nitrogens is 1. The monoisotopic (exact) mass is 471 g/mol. The van der Waals surface area contributed by atoms with Crippen molar-refractivity contribution in [1.29, 1.82) is 0 Å². The van der Waals surface area contributed by atoms with E-state index in [0.717, 1.165) is 0 Å². The van der Waals surface area contributed by atoms with Gasteiger partial charge >= 0.3 is 0 Å². The molecule has 0 spiro atoms. The zero-order valence-electron chi connectivity index (χ0n) is 18.9. The second-order valence-electron chi connectivity index (χ2n) is 7.30. The number of sulfonamides is 1. The number of para-hydroxylation sites is 2. The molecule has 3 rings (SSSR count). The van der Waals surface area contributed by atoms with E-state index in [1.54, 1.807) is 38.1 Å². The molecule has 0 saturated carbocycles. The van der Waals surface area contributed by atoms with Gasteiger partial charge in [0.25, 0.3) is 15.9 Å². The lowest BCUT2D eigenvalue weighted by atomic mass is 10.1. The second kappa shape index (κ2) is 9.37. The highest BCUT2D eigenvalue weighted by Gasteiger charge is 2.23. The number of aryl methyl sites for hydroxylation is 1. The summed E-state index contributed by atoms with van der Waals surface area (Å²) >= 11 is 0. The van der Waals surface area contributed by atoms with Crippen LogP contribution in [0.1, 0.15) is 39.0 Å². The highest BCUT2D eigenvalue weighted by Crippen LogP contribution is 2.31. The molecule has 174 valence electrons. The summed E-state index contributed by atoms with van der Waals surface area (Å²) in [6.07, 6.45) is 0. The van der Waals surface area contributed by atoms with Gasteiger partial charge in [0.1, 0.15) is 17.2 Å². The molecule has 0 aliphatic heterocycles. The maximum Gasteiger partial charge on any atom is 0.272 e. The molecule has 9 nitrogen and oxygen atoms in total. The maximum atomic E-state index is 13.0. The number of ketones is 1. The summed E-state index contributed by atoms with van der Waals surface area (Å²) < 4.78 is 39.0. The number of carbonyl (C=O) groups is 2. The van der Waals surface area contributed by atoms with E-state index in [1.807, 2.05) is 0 Å². The van der Waals surface area contributed by atoms with Gasteiger partial charge in [0.05, 0.1) is 30.5 Å². The van der Waals surface area contributed by atoms with Crippen LogP contribution in [0.15, 0.2) is 47.4 Å². The Morgan fingerprint density at radius 3 is 2.18 bits per heavy atom. The predicted octanol–water partition coefficient (Wildman–Crippen LogP) is 3.90. The third-order valence-electron chi connectivity index (χ3n) is 5.10. The molecule has 0 bridgehead atoms. The molecule has 2 aromatic carbocycles. The molecule has 33 heavy (non-hydrogen) atoms. The van der Waals surface area contributed by atoms with Crippen molar-refractivity contribution in [3.63, 3.8) is 0 Å². The molecule has 10 heteroatoms. The molecule has 0 atom stereocenters. The number of carbonyl (C=O) groups excluding carboxylic acids is 2. The second-order valence-corrected chi connectivity index (χ2v) is 8.99. The van der Waals surface area contributed by atoms with Gasteiger partial charge in [-0.25, -0.2) is 8.42 Å². The summed E-state index contributed by atoms with van der Waals surface area (Å²) in [6.45, 7) is 4.80. The van der Waals surface area contributed by atoms with Gasteiger partial charge in [-0.3, -0.25) is 14.3 Å². The smallest absolute Gasteiger partial charge is 0.272 e. The zero-order chi connectivity index (χ0) is 24.3. The molecule has 0 aliphatic carbocycles. The van der Waals surface area contributed by atoms with Crippen molar-refractivity contribution in [1.82, 2.24) is 4.98 Å².